The van der Waals surface area contributed by atoms with Crippen molar-refractivity contribution < 1.29 is 81.1 Å². The van der Waals surface area contributed by atoms with E-state index < -0.39 is 103 Å². The second kappa shape index (κ2) is 17.0. The maximum Gasteiger partial charge on any atom is 0.338 e. The quantitative estimate of drug-likeness (QED) is 0.172. The predicted octanol–water partition coefficient (Wildman–Crippen LogP) is -0.463. The molecule has 0 amide bonds. The van der Waals surface area contributed by atoms with Crippen molar-refractivity contribution >= 4 is 41.8 Å². The molecular formula is C27H39NO17. The van der Waals surface area contributed by atoms with Crippen LogP contribution in [0.3, 0.4) is 0 Å². The fraction of sp³-hybridized carbons (Fsp3) is 0.741. The van der Waals surface area contributed by atoms with E-state index in [1.807, 2.05) is 0 Å². The van der Waals surface area contributed by atoms with Crippen LogP contribution in [0.15, 0.2) is 0 Å². The Labute approximate surface area is 258 Å². The summed E-state index contributed by atoms with van der Waals surface area (Å²) in [5.74, 6) is -9.01. The van der Waals surface area contributed by atoms with Gasteiger partial charge in [-0.15, -0.1) is 0 Å². The Morgan fingerprint density at radius 2 is 1.29 bits per heavy atom. The van der Waals surface area contributed by atoms with Gasteiger partial charge in [0, 0.05) is 53.6 Å². The molecule has 2 heterocycles. The van der Waals surface area contributed by atoms with Crippen LogP contribution in [0.2, 0.25) is 0 Å². The highest BCUT2D eigenvalue weighted by Crippen LogP contribution is 2.44. The largest absolute Gasteiger partial charge is 0.469 e. The Hall–Kier alpha value is -3.87. The average Bonchev–Trinajstić information content (AvgIpc) is 3.34. The highest BCUT2D eigenvalue weighted by atomic mass is 17.0. The zero-order valence-electron chi connectivity index (χ0n) is 26.2. The molecule has 0 radical (unpaired) electrons. The van der Waals surface area contributed by atoms with Crippen LogP contribution in [0.4, 0.5) is 0 Å². The van der Waals surface area contributed by atoms with E-state index in [9.17, 15) is 33.6 Å². The average molecular weight is 650 g/mol. The van der Waals surface area contributed by atoms with Crippen molar-refractivity contribution in [1.29, 1.82) is 0 Å². The number of nitrogens with zero attached hydrogens (tertiary/aromatic N) is 1. The van der Waals surface area contributed by atoms with Gasteiger partial charge in [0.25, 0.3) is 0 Å². The third-order valence-electron chi connectivity index (χ3n) is 6.65. The molecule has 0 aliphatic carbocycles. The number of hydrogen-bond donors (Lipinski definition) is 0. The fourth-order valence-corrected chi connectivity index (χ4v) is 5.17. The van der Waals surface area contributed by atoms with Crippen molar-refractivity contribution in [3.63, 3.8) is 0 Å². The lowest BCUT2D eigenvalue weighted by molar-refractivity contribution is -0.444. The molecule has 2 rings (SSSR count). The summed E-state index contributed by atoms with van der Waals surface area (Å²) in [6.45, 7) is 6.28. The number of hydroxylamine groups is 2. The Morgan fingerprint density at radius 1 is 0.733 bits per heavy atom. The van der Waals surface area contributed by atoms with Crippen LogP contribution in [0, 0.1) is 11.8 Å². The van der Waals surface area contributed by atoms with Crippen molar-refractivity contribution in [1.82, 2.24) is 5.23 Å². The molecule has 2 saturated heterocycles. The molecule has 2 fully saturated rings. The lowest BCUT2D eigenvalue weighted by Crippen LogP contribution is -2.61. The summed E-state index contributed by atoms with van der Waals surface area (Å²) < 4.78 is 42.5. The van der Waals surface area contributed by atoms with Crippen LogP contribution < -0.4 is 0 Å². The molecule has 0 saturated carbocycles. The summed E-state index contributed by atoms with van der Waals surface area (Å²) >= 11 is 0. The van der Waals surface area contributed by atoms with Crippen LogP contribution in [0.25, 0.3) is 0 Å². The first-order valence-corrected chi connectivity index (χ1v) is 13.9. The summed E-state index contributed by atoms with van der Waals surface area (Å²) in [7, 11) is 2.14. The molecule has 2 aliphatic heterocycles. The predicted molar refractivity (Wildman–Crippen MR) is 141 cm³/mol. The lowest BCUT2D eigenvalue weighted by Gasteiger charge is -2.45. The number of hydrogen-bond acceptors (Lipinski definition) is 18. The molecule has 1 unspecified atom stereocenters. The van der Waals surface area contributed by atoms with Gasteiger partial charge < -0.3 is 37.9 Å². The number of carbonyl (C=O) groups is 7. The van der Waals surface area contributed by atoms with Gasteiger partial charge in [0.05, 0.1) is 20.3 Å². The molecule has 0 bridgehead atoms. The van der Waals surface area contributed by atoms with E-state index in [2.05, 4.69) is 0 Å². The van der Waals surface area contributed by atoms with Crippen LogP contribution in [0.5, 0.6) is 0 Å². The monoisotopic (exact) mass is 649 g/mol. The maximum absolute atomic E-state index is 13.1. The number of rotatable bonds is 14. The number of ether oxygens (including phenoxy) is 8. The van der Waals surface area contributed by atoms with Gasteiger partial charge >= 0.3 is 41.8 Å². The number of methoxy groups -OCH3 is 2. The molecule has 18 heteroatoms. The van der Waals surface area contributed by atoms with Crippen LogP contribution >= 0.6 is 0 Å². The van der Waals surface area contributed by atoms with Gasteiger partial charge in [0.1, 0.15) is 18.6 Å². The first-order chi connectivity index (χ1) is 21.1. The summed E-state index contributed by atoms with van der Waals surface area (Å²) in [6, 6.07) is -1.29. The van der Waals surface area contributed by atoms with Gasteiger partial charge in [-0.2, -0.15) is 0 Å². The van der Waals surface area contributed by atoms with Crippen molar-refractivity contribution in [2.24, 2.45) is 11.8 Å². The van der Waals surface area contributed by atoms with Crippen LogP contribution in [-0.4, -0.2) is 117 Å². The second-order valence-corrected chi connectivity index (χ2v) is 9.94. The van der Waals surface area contributed by atoms with Crippen molar-refractivity contribution in [3.8, 4) is 0 Å². The molecule has 254 valence electrons. The molecule has 18 nitrogen and oxygen atoms in total. The van der Waals surface area contributed by atoms with Crippen molar-refractivity contribution in [2.45, 2.75) is 90.8 Å². The smallest absolute Gasteiger partial charge is 0.338 e. The molecule has 9 atom stereocenters. The van der Waals surface area contributed by atoms with Crippen LogP contribution in [-0.2, 0) is 81.1 Å². The van der Waals surface area contributed by atoms with Crippen LogP contribution in [0.1, 0.15) is 48.0 Å². The normalized spacial score (nSPS) is 25.3. The summed E-state index contributed by atoms with van der Waals surface area (Å²) in [5.41, 5.74) is 0. The summed E-state index contributed by atoms with van der Waals surface area (Å²) in [4.78, 5) is 98.4. The maximum atomic E-state index is 13.1. The summed E-state index contributed by atoms with van der Waals surface area (Å²) in [5, 5.41) is 0.822. The van der Waals surface area contributed by atoms with E-state index in [0.717, 1.165) is 54.1 Å². The molecular weight excluding hydrogens is 610 g/mol. The minimum Gasteiger partial charge on any atom is -0.469 e. The summed E-state index contributed by atoms with van der Waals surface area (Å²) in [6.07, 6.45) is -9.66. The van der Waals surface area contributed by atoms with Gasteiger partial charge in [0.2, 0.25) is 0 Å². The molecule has 45 heavy (non-hydrogen) atoms. The zero-order valence-corrected chi connectivity index (χ0v) is 26.2. The molecule has 0 N–H and O–H groups in total. The van der Waals surface area contributed by atoms with Gasteiger partial charge in [-0.3, -0.25) is 33.6 Å². The third kappa shape index (κ3) is 10.1. The van der Waals surface area contributed by atoms with E-state index in [-0.39, 0.29) is 13.0 Å². The Morgan fingerprint density at radius 3 is 1.78 bits per heavy atom. The molecule has 0 spiro atoms. The molecule has 0 aromatic carbocycles. The van der Waals surface area contributed by atoms with E-state index >= 15 is 0 Å². The minimum atomic E-state index is -1.78. The van der Waals surface area contributed by atoms with E-state index in [1.54, 1.807) is 6.92 Å². The van der Waals surface area contributed by atoms with E-state index in [4.69, 9.17) is 47.6 Å². The van der Waals surface area contributed by atoms with E-state index in [1.165, 1.54) is 0 Å². The van der Waals surface area contributed by atoms with Crippen molar-refractivity contribution in [3.05, 3.63) is 0 Å². The van der Waals surface area contributed by atoms with Crippen molar-refractivity contribution in [2.75, 3.05) is 27.4 Å². The highest BCUT2D eigenvalue weighted by molar-refractivity contribution is 5.85. The minimum absolute atomic E-state index is 0.120. The Kier molecular flexibility index (Phi) is 14.1. The van der Waals surface area contributed by atoms with E-state index in [0.29, 0.717) is 0 Å². The van der Waals surface area contributed by atoms with Gasteiger partial charge in [0.15, 0.2) is 30.7 Å². The van der Waals surface area contributed by atoms with Gasteiger partial charge in [-0.25, -0.2) is 9.63 Å². The topological polar surface area (TPSA) is 215 Å². The number of carbonyl (C=O) groups excluding carboxylic acids is 7. The fourth-order valence-electron chi connectivity index (χ4n) is 5.17. The Balaban J connectivity index is 2.82. The lowest BCUT2D eigenvalue weighted by atomic mass is 9.77. The molecule has 2 aliphatic rings. The first kappa shape index (κ1) is 37.3. The highest BCUT2D eigenvalue weighted by Gasteiger charge is 2.62. The molecule has 0 aromatic rings. The number of fused-ring (bicyclic) bond motifs is 1. The number of esters is 7. The Bertz CT molecular complexity index is 1110. The first-order valence-electron chi connectivity index (χ1n) is 13.9. The molecule has 0 aromatic heterocycles. The second-order valence-electron chi connectivity index (χ2n) is 9.94. The standard InChI is InChI=1S/C27H39NO17/c1-9-38-19-10-17(21-20(26(34)36-7)24(27(35)37-8)45-28(21)44-19)22(41-14(4)31)25(43-16(6)33)23(42-15(5)32)18(40-13(3)30)11-39-12(2)29/h17-25H,9-11H2,1-8H3/t17-,18+,19-,20-,21-,22?,23-,24+,25+/m0/s1. The SMILES string of the molecule is CCO[C@@H]1C[C@H](C(OC(C)=O)[C@@H](OC(C)=O)[C@@H](OC(C)=O)[C@@H](COC(C)=O)OC(C)=O)[C@H]2[C@H](C(=O)OC)[C@H](C(=O)OC)ON2O1. The zero-order chi connectivity index (χ0) is 34.0. The third-order valence-corrected chi connectivity index (χ3v) is 6.65. The van der Waals surface area contributed by atoms with Gasteiger partial charge in [-0.1, -0.05) is 5.23 Å². The van der Waals surface area contributed by atoms with Gasteiger partial charge in [-0.05, 0) is 6.92 Å².